The first-order valence-electron chi connectivity index (χ1n) is 13.6. The van der Waals surface area contributed by atoms with Gasteiger partial charge < -0.3 is 0 Å². The molecule has 0 spiro atoms. The fraction of sp³-hybridized carbons (Fsp3) is 0.152. The Bertz CT molecular complexity index is 2150. The molecule has 6 aromatic rings. The van der Waals surface area contributed by atoms with Crippen LogP contribution >= 0.6 is 68.0 Å². The Kier molecular flexibility index (Phi) is 7.71. The molecule has 0 radical (unpaired) electrons. The molecule has 0 aromatic carbocycles. The average Bonchev–Trinajstić information content (AvgIpc) is 3.86. The average molecular weight is 747 g/mol. The Labute approximate surface area is 288 Å². The van der Waals surface area contributed by atoms with E-state index in [1.54, 1.807) is 61.0 Å². The Morgan fingerprint density at radius 2 is 0.936 bits per heavy atom. The number of hydrogen-bond acceptors (Lipinski definition) is 8. The highest BCUT2D eigenvalue weighted by molar-refractivity contribution is 7.27. The molecule has 0 saturated heterocycles. The van der Waals surface area contributed by atoms with Crippen LogP contribution in [0.25, 0.3) is 50.2 Å². The van der Waals surface area contributed by atoms with Gasteiger partial charge in [-0.15, -0.1) is 68.0 Å². The lowest BCUT2D eigenvalue weighted by Gasteiger charge is -2.25. The summed E-state index contributed by atoms with van der Waals surface area (Å²) in [5.74, 6) is -16.2. The molecule has 2 nitrogen and oxygen atoms in total. The van der Waals surface area contributed by atoms with Gasteiger partial charge in [0.05, 0.1) is 20.9 Å². The van der Waals surface area contributed by atoms with Gasteiger partial charge in [-0.2, -0.15) is 36.9 Å². The third kappa shape index (κ3) is 4.96. The van der Waals surface area contributed by atoms with Gasteiger partial charge >= 0.3 is 17.8 Å². The van der Waals surface area contributed by atoms with E-state index in [0.717, 1.165) is 32.4 Å². The van der Waals surface area contributed by atoms with E-state index >= 15 is 26.3 Å². The van der Waals surface area contributed by atoms with Gasteiger partial charge in [0, 0.05) is 72.1 Å². The Balaban J connectivity index is 1.58. The molecule has 14 heteroatoms. The van der Waals surface area contributed by atoms with Crippen molar-refractivity contribution in [1.82, 2.24) is 0 Å². The summed E-state index contributed by atoms with van der Waals surface area (Å²) in [6.45, 7) is 3.59. The first-order valence-corrected chi connectivity index (χ1v) is 18.6. The number of thiophene rings is 6. The topological polar surface area (TPSA) is 47.6 Å². The number of allylic oxidation sites excluding steroid dienone is 2. The molecule has 0 aliphatic heterocycles. The quantitative estimate of drug-likeness (QED) is 0.159. The second-order valence-electron chi connectivity index (χ2n) is 10.6. The first kappa shape index (κ1) is 32.1. The van der Waals surface area contributed by atoms with Gasteiger partial charge in [0.1, 0.15) is 12.1 Å². The third-order valence-corrected chi connectivity index (χ3v) is 14.4. The van der Waals surface area contributed by atoms with Gasteiger partial charge in [0.2, 0.25) is 0 Å². The van der Waals surface area contributed by atoms with E-state index in [0.29, 0.717) is 40.4 Å². The van der Waals surface area contributed by atoms with Crippen molar-refractivity contribution in [3.05, 3.63) is 91.3 Å². The van der Waals surface area contributed by atoms with Crippen LogP contribution in [0.1, 0.15) is 32.0 Å². The van der Waals surface area contributed by atoms with E-state index in [1.165, 1.54) is 57.5 Å². The number of rotatable bonds is 6. The van der Waals surface area contributed by atoms with Gasteiger partial charge in [0.15, 0.2) is 0 Å². The maximum absolute atomic E-state index is 16.2. The minimum Gasteiger partial charge on any atom is -0.194 e. The number of alkyl halides is 6. The van der Waals surface area contributed by atoms with Crippen LogP contribution in [0, 0.1) is 36.5 Å². The number of hydrogen-bond donors (Lipinski definition) is 0. The van der Waals surface area contributed by atoms with Crippen molar-refractivity contribution in [1.29, 1.82) is 10.5 Å². The lowest BCUT2D eigenvalue weighted by molar-refractivity contribution is -0.254. The number of aryl methyl sites for hydroxylation is 2. The minimum absolute atomic E-state index is 0.159. The SMILES string of the molecule is Cc1ccc(-c2sc(-c3cc(C#N)cs3)cc2C2=C(c3cc(-c4cc(C#N)cs4)sc3-c3ccc(C)s3)C(F)(F)C(F)(F)C2(F)F)s1. The van der Waals surface area contributed by atoms with Crippen LogP contribution in [-0.4, -0.2) is 17.8 Å². The number of nitriles is 2. The lowest BCUT2D eigenvalue weighted by atomic mass is 9.94. The molecule has 236 valence electrons. The van der Waals surface area contributed by atoms with E-state index in [2.05, 4.69) is 0 Å². The highest BCUT2D eigenvalue weighted by Gasteiger charge is 2.80. The molecule has 0 atom stereocenters. The van der Waals surface area contributed by atoms with Gasteiger partial charge in [-0.05, 0) is 62.4 Å². The van der Waals surface area contributed by atoms with E-state index in [4.69, 9.17) is 0 Å². The predicted molar refractivity (Wildman–Crippen MR) is 182 cm³/mol. The van der Waals surface area contributed by atoms with Crippen molar-refractivity contribution >= 4 is 79.2 Å². The lowest BCUT2D eigenvalue weighted by Crippen LogP contribution is -2.48. The zero-order chi connectivity index (χ0) is 33.5. The normalized spacial score (nSPS) is 16.5. The summed E-state index contributed by atoms with van der Waals surface area (Å²) in [6.07, 6.45) is 0. The Hall–Kier alpha value is -3.50. The molecule has 47 heavy (non-hydrogen) atoms. The van der Waals surface area contributed by atoms with Crippen LogP contribution in [0.4, 0.5) is 26.3 Å². The van der Waals surface area contributed by atoms with Crippen molar-refractivity contribution in [3.8, 4) is 51.2 Å². The van der Waals surface area contributed by atoms with Crippen LogP contribution < -0.4 is 0 Å². The second kappa shape index (κ2) is 11.3. The van der Waals surface area contributed by atoms with Gasteiger partial charge in [-0.3, -0.25) is 0 Å². The highest BCUT2D eigenvalue weighted by Crippen LogP contribution is 2.67. The monoisotopic (exact) mass is 746 g/mol. The number of halogens is 6. The Morgan fingerprint density at radius 3 is 1.26 bits per heavy atom. The molecule has 7 rings (SSSR count). The molecule has 1 aliphatic rings. The zero-order valence-corrected chi connectivity index (χ0v) is 28.8. The highest BCUT2D eigenvalue weighted by atomic mass is 32.1. The maximum Gasteiger partial charge on any atom is 0.380 e. The van der Waals surface area contributed by atoms with Gasteiger partial charge in [0.25, 0.3) is 0 Å². The van der Waals surface area contributed by atoms with Crippen molar-refractivity contribution < 1.29 is 26.3 Å². The molecule has 1 aliphatic carbocycles. The molecular weight excluding hydrogens is 731 g/mol. The largest absolute Gasteiger partial charge is 0.380 e. The fourth-order valence-electron chi connectivity index (χ4n) is 5.36. The summed E-state index contributed by atoms with van der Waals surface area (Å²) in [4.78, 5) is 4.70. The molecule has 0 bridgehead atoms. The maximum atomic E-state index is 16.2. The van der Waals surface area contributed by atoms with Crippen molar-refractivity contribution in [2.24, 2.45) is 0 Å². The first-order chi connectivity index (χ1) is 22.3. The Morgan fingerprint density at radius 1 is 0.532 bits per heavy atom. The molecule has 0 unspecified atom stereocenters. The summed E-state index contributed by atoms with van der Waals surface area (Å²) in [6, 6.07) is 16.5. The van der Waals surface area contributed by atoms with Crippen molar-refractivity contribution in [3.63, 3.8) is 0 Å². The second-order valence-corrected chi connectivity index (χ2v) is 17.1. The van der Waals surface area contributed by atoms with E-state index in [1.807, 2.05) is 12.1 Å². The summed E-state index contributed by atoms with van der Waals surface area (Å²) < 4.78 is 96.2. The van der Waals surface area contributed by atoms with E-state index in [9.17, 15) is 10.5 Å². The summed E-state index contributed by atoms with van der Waals surface area (Å²) in [7, 11) is 0. The molecule has 0 N–H and O–H groups in total. The zero-order valence-electron chi connectivity index (χ0n) is 23.9. The fourth-order valence-corrected chi connectivity index (χ4v) is 11.5. The van der Waals surface area contributed by atoms with Crippen molar-refractivity contribution in [2.75, 3.05) is 0 Å². The number of nitrogens with zero attached hydrogens (tertiary/aromatic N) is 2. The van der Waals surface area contributed by atoms with Gasteiger partial charge in [-0.1, -0.05) is 0 Å². The smallest absolute Gasteiger partial charge is 0.194 e. The van der Waals surface area contributed by atoms with Crippen LogP contribution in [-0.2, 0) is 0 Å². The van der Waals surface area contributed by atoms with Crippen LogP contribution in [0.15, 0.2) is 59.3 Å². The summed E-state index contributed by atoms with van der Waals surface area (Å²) >= 11 is 6.87. The molecular formula is C33H16F6N2S6. The molecule has 0 saturated carbocycles. The van der Waals surface area contributed by atoms with Crippen LogP contribution in [0.2, 0.25) is 0 Å². The van der Waals surface area contributed by atoms with E-state index in [-0.39, 0.29) is 9.75 Å². The minimum atomic E-state index is -5.74. The predicted octanol–water partition coefficient (Wildman–Crippen LogP) is 12.9. The van der Waals surface area contributed by atoms with Crippen LogP contribution in [0.3, 0.4) is 0 Å². The van der Waals surface area contributed by atoms with Gasteiger partial charge in [-0.25, -0.2) is 0 Å². The molecule has 0 fully saturated rings. The summed E-state index contributed by atoms with van der Waals surface area (Å²) in [5.41, 5.74) is -2.99. The molecule has 6 heterocycles. The van der Waals surface area contributed by atoms with Crippen LogP contribution in [0.5, 0.6) is 0 Å². The standard InChI is InChI=1S/C33H16F6N2S6/c1-15-3-5-21(44-15)29-19(9-25(46-29)23-7-17(11-40)13-42-23)27-28(32(36,37)33(38,39)31(27,34)35)20-10-26(24-8-18(12-41)14-43-24)47-30(20)22-6-4-16(2)45-22/h3-10,13-14H,1-2H3. The van der Waals surface area contributed by atoms with Crippen molar-refractivity contribution in [2.45, 2.75) is 31.6 Å². The third-order valence-electron chi connectivity index (χ3n) is 7.54. The van der Waals surface area contributed by atoms with E-state index < -0.39 is 40.0 Å². The molecule has 6 aromatic heterocycles. The summed E-state index contributed by atoms with van der Waals surface area (Å²) in [5, 5.41) is 21.9. The molecule has 0 amide bonds.